The Morgan fingerprint density at radius 2 is 1.37 bits per heavy atom. The SMILES string of the molecule is CC(=O)c1cccc(Br)c1.CC(O)(c1cccc(Br)c1)C(F)(F)F.FC(F)F.[K+].[OH-]. The molecule has 1 atom stereocenters. The average molecular weight is 594 g/mol. The first-order valence-corrected chi connectivity index (χ1v) is 9.01. The van der Waals surface area contributed by atoms with E-state index in [1.807, 2.05) is 18.2 Å². The van der Waals surface area contributed by atoms with Gasteiger partial charge in [0, 0.05) is 14.5 Å². The Bertz CT molecular complexity index is 771. The first kappa shape index (κ1) is 34.8. The van der Waals surface area contributed by atoms with Gasteiger partial charge in [-0.3, -0.25) is 4.79 Å². The molecule has 164 valence electrons. The molecule has 2 N–H and O–H groups in total. The Morgan fingerprint density at radius 1 is 0.967 bits per heavy atom. The average Bonchev–Trinajstić information content (AvgIpc) is 2.54. The number of rotatable bonds is 2. The fraction of sp³-hybridized carbons (Fsp3) is 0.278. The summed E-state index contributed by atoms with van der Waals surface area (Å²) in [6.45, 7) is -1.38. The van der Waals surface area contributed by atoms with Crippen molar-refractivity contribution in [2.24, 2.45) is 0 Å². The molecule has 1 unspecified atom stereocenters. The van der Waals surface area contributed by atoms with Crippen molar-refractivity contribution in [2.45, 2.75) is 32.3 Å². The number of hydrogen-bond donors (Lipinski definition) is 1. The van der Waals surface area contributed by atoms with Crippen molar-refractivity contribution in [3.8, 4) is 0 Å². The number of Topliss-reactive ketones (excluding diaryl/α,β-unsaturated/α-hetero) is 1. The predicted molar refractivity (Wildman–Crippen MR) is 103 cm³/mol. The zero-order valence-electron chi connectivity index (χ0n) is 16.0. The molecule has 2 aromatic carbocycles. The van der Waals surface area contributed by atoms with Gasteiger partial charge in [-0.2, -0.15) is 26.3 Å². The van der Waals surface area contributed by atoms with Gasteiger partial charge in [-0.25, -0.2) is 0 Å². The van der Waals surface area contributed by atoms with Crippen LogP contribution in [0.1, 0.15) is 29.8 Å². The predicted octanol–water partition coefficient (Wildman–Crippen LogP) is 3.88. The summed E-state index contributed by atoms with van der Waals surface area (Å²) >= 11 is 6.32. The van der Waals surface area contributed by atoms with Gasteiger partial charge < -0.3 is 10.6 Å². The summed E-state index contributed by atoms with van der Waals surface area (Å²) in [5.41, 5.74) is -2.25. The molecule has 0 aliphatic heterocycles. The Labute approximate surface area is 229 Å². The van der Waals surface area contributed by atoms with E-state index in [1.165, 1.54) is 18.2 Å². The van der Waals surface area contributed by atoms with Crippen LogP contribution in [-0.4, -0.2) is 29.2 Å². The molecule has 0 aliphatic rings. The van der Waals surface area contributed by atoms with E-state index in [-0.39, 0.29) is 68.2 Å². The molecular weight excluding hydrogens is 577 g/mol. The molecule has 0 saturated heterocycles. The number of aliphatic hydroxyl groups is 1. The minimum atomic E-state index is -4.67. The Hall–Kier alpha value is 0.206. The van der Waals surface area contributed by atoms with E-state index in [4.69, 9.17) is 0 Å². The van der Waals surface area contributed by atoms with Gasteiger partial charge >= 0.3 is 64.2 Å². The van der Waals surface area contributed by atoms with Crippen molar-refractivity contribution in [2.75, 3.05) is 0 Å². The third-order valence-electron chi connectivity index (χ3n) is 3.17. The van der Waals surface area contributed by atoms with E-state index in [0.29, 0.717) is 4.47 Å². The molecular formula is C18H17Br2F6KO3. The van der Waals surface area contributed by atoms with Crippen LogP contribution in [0.5, 0.6) is 0 Å². The fourth-order valence-corrected chi connectivity index (χ4v) is 2.46. The molecule has 12 heteroatoms. The van der Waals surface area contributed by atoms with Crippen LogP contribution in [0.25, 0.3) is 0 Å². The van der Waals surface area contributed by atoms with Crippen LogP contribution in [0, 0.1) is 0 Å². The van der Waals surface area contributed by atoms with Gasteiger partial charge in [-0.05, 0) is 43.7 Å². The minimum Gasteiger partial charge on any atom is -0.870 e. The quantitative estimate of drug-likeness (QED) is 0.327. The topological polar surface area (TPSA) is 67.3 Å². The molecule has 2 rings (SSSR count). The normalized spacial score (nSPS) is 12.0. The Balaban J connectivity index is -0.000000402. The third kappa shape index (κ3) is 13.6. The van der Waals surface area contributed by atoms with Crippen molar-refractivity contribution < 1.29 is 93.1 Å². The molecule has 30 heavy (non-hydrogen) atoms. The van der Waals surface area contributed by atoms with E-state index in [1.54, 1.807) is 19.1 Å². The van der Waals surface area contributed by atoms with E-state index in [0.717, 1.165) is 17.0 Å². The maximum absolute atomic E-state index is 12.4. The van der Waals surface area contributed by atoms with Crippen molar-refractivity contribution in [1.29, 1.82) is 0 Å². The van der Waals surface area contributed by atoms with E-state index in [2.05, 4.69) is 31.9 Å². The van der Waals surface area contributed by atoms with Crippen molar-refractivity contribution in [3.63, 3.8) is 0 Å². The van der Waals surface area contributed by atoms with Crippen LogP contribution < -0.4 is 51.4 Å². The van der Waals surface area contributed by atoms with Gasteiger partial charge in [0.05, 0.1) is 0 Å². The third-order valence-corrected chi connectivity index (χ3v) is 4.16. The Morgan fingerprint density at radius 3 is 1.67 bits per heavy atom. The molecule has 0 fully saturated rings. The van der Waals surface area contributed by atoms with Crippen molar-refractivity contribution in [3.05, 3.63) is 68.6 Å². The number of halogens is 8. The van der Waals surface area contributed by atoms with Gasteiger partial charge in [0.2, 0.25) is 0 Å². The molecule has 0 saturated carbocycles. The van der Waals surface area contributed by atoms with Crippen LogP contribution in [0.3, 0.4) is 0 Å². The van der Waals surface area contributed by atoms with Crippen molar-refractivity contribution in [1.82, 2.24) is 0 Å². The van der Waals surface area contributed by atoms with Gasteiger partial charge in [0.25, 0.3) is 0 Å². The van der Waals surface area contributed by atoms with Gasteiger partial charge in [-0.15, -0.1) is 0 Å². The monoisotopic (exact) mass is 592 g/mol. The number of carbonyl (C=O) groups is 1. The zero-order chi connectivity index (χ0) is 22.1. The largest absolute Gasteiger partial charge is 1.00 e. The molecule has 0 radical (unpaired) electrons. The van der Waals surface area contributed by atoms with Crippen LogP contribution in [0.4, 0.5) is 26.3 Å². The summed E-state index contributed by atoms with van der Waals surface area (Å²) < 4.78 is 67.6. The van der Waals surface area contributed by atoms with Crippen LogP contribution in [-0.2, 0) is 5.60 Å². The second-order valence-corrected chi connectivity index (χ2v) is 7.23. The van der Waals surface area contributed by atoms with E-state index in [9.17, 15) is 36.2 Å². The molecule has 0 aliphatic carbocycles. The molecule has 0 bridgehead atoms. The summed E-state index contributed by atoms with van der Waals surface area (Å²) in [6, 6.07) is 12.9. The molecule has 0 aromatic heterocycles. The summed E-state index contributed by atoms with van der Waals surface area (Å²) in [5.74, 6) is 0.0984. The molecule has 2 aromatic rings. The Kier molecular flexibility index (Phi) is 18.5. The van der Waals surface area contributed by atoms with E-state index >= 15 is 0 Å². The number of hydrogen-bond acceptors (Lipinski definition) is 3. The molecule has 3 nitrogen and oxygen atoms in total. The number of alkyl halides is 6. The fourth-order valence-electron chi connectivity index (χ4n) is 1.66. The second-order valence-electron chi connectivity index (χ2n) is 5.39. The second kappa shape index (κ2) is 15.9. The summed E-state index contributed by atoms with van der Waals surface area (Å²) in [4.78, 5) is 10.8. The maximum Gasteiger partial charge on any atom is 1.00 e. The zero-order valence-corrected chi connectivity index (χ0v) is 22.3. The number of ketones is 1. The van der Waals surface area contributed by atoms with Crippen LogP contribution in [0.15, 0.2) is 57.5 Å². The smallest absolute Gasteiger partial charge is 0.870 e. The minimum absolute atomic E-state index is 0. The first-order valence-electron chi connectivity index (χ1n) is 7.42. The number of carbonyl (C=O) groups excluding carboxylic acids is 1. The molecule has 0 amide bonds. The van der Waals surface area contributed by atoms with E-state index < -0.39 is 18.5 Å². The van der Waals surface area contributed by atoms with Crippen LogP contribution >= 0.6 is 31.9 Å². The van der Waals surface area contributed by atoms with Gasteiger partial charge in [0.15, 0.2) is 11.4 Å². The maximum atomic E-state index is 12.4. The summed E-state index contributed by atoms with van der Waals surface area (Å²) in [6.07, 6.45) is -4.67. The summed E-state index contributed by atoms with van der Waals surface area (Å²) in [5, 5.41) is 9.30. The van der Waals surface area contributed by atoms with Gasteiger partial charge in [-0.1, -0.05) is 56.1 Å². The van der Waals surface area contributed by atoms with Crippen molar-refractivity contribution >= 4 is 37.6 Å². The first-order chi connectivity index (χ1) is 12.7. The molecule has 0 heterocycles. The van der Waals surface area contributed by atoms with Gasteiger partial charge in [0.1, 0.15) is 0 Å². The summed E-state index contributed by atoms with van der Waals surface area (Å²) in [7, 11) is 0. The van der Waals surface area contributed by atoms with Crippen LogP contribution in [0.2, 0.25) is 0 Å². The standard InChI is InChI=1S/C9H8BrF3O.C8H7BrO.CHF3.K.H2O/c1-8(14,9(11,12)13)6-3-2-4-7(10)5-6;1-6(10)7-3-2-4-8(9)5-7;2-1(3)4;;/h2-5,14H,1H3;2-5H,1H3;1H;;1H2/q;;;+1;/p-1. The number of benzene rings is 2. The molecule has 0 spiro atoms.